The Hall–Kier alpha value is -2.11. The standard InChI is InChI=1S/C23H24ClN3OS/c24-20-14-7-6-13-19(20)22-25-26-23(27(22)18-11-4-5-12-18)29-16-8-15-21(28)17-9-2-1-3-10-17/h1-3,6-7,9-10,13-14,18H,4-5,8,11-12,15-16H2. The normalized spacial score (nSPS) is 14.4. The molecule has 0 bridgehead atoms. The van der Waals surface area contributed by atoms with Crippen LogP contribution >= 0.6 is 23.4 Å². The lowest BCUT2D eigenvalue weighted by Gasteiger charge is -2.17. The molecule has 3 aromatic rings. The summed E-state index contributed by atoms with van der Waals surface area (Å²) in [4.78, 5) is 12.3. The number of benzene rings is 2. The second-order valence-electron chi connectivity index (χ2n) is 7.34. The predicted molar refractivity (Wildman–Crippen MR) is 119 cm³/mol. The lowest BCUT2D eigenvalue weighted by Crippen LogP contribution is -2.09. The number of aromatic nitrogens is 3. The van der Waals surface area contributed by atoms with E-state index in [0.717, 1.165) is 47.1 Å². The molecule has 1 heterocycles. The molecule has 0 spiro atoms. The fourth-order valence-electron chi connectivity index (χ4n) is 3.86. The van der Waals surface area contributed by atoms with Crippen molar-refractivity contribution in [2.45, 2.75) is 49.7 Å². The summed E-state index contributed by atoms with van der Waals surface area (Å²) in [7, 11) is 0. The Morgan fingerprint density at radius 3 is 2.52 bits per heavy atom. The Balaban J connectivity index is 1.46. The Morgan fingerprint density at radius 1 is 1.03 bits per heavy atom. The van der Waals surface area contributed by atoms with Crippen LogP contribution in [-0.2, 0) is 0 Å². The van der Waals surface area contributed by atoms with Crippen LogP contribution in [0.3, 0.4) is 0 Å². The van der Waals surface area contributed by atoms with Gasteiger partial charge in [0.25, 0.3) is 0 Å². The predicted octanol–water partition coefficient (Wildman–Crippen LogP) is 6.47. The number of hydrogen-bond acceptors (Lipinski definition) is 4. The fraction of sp³-hybridized carbons (Fsp3) is 0.348. The molecule has 0 aliphatic heterocycles. The molecule has 0 N–H and O–H groups in total. The van der Waals surface area contributed by atoms with Crippen LogP contribution in [0, 0.1) is 0 Å². The van der Waals surface area contributed by atoms with Crippen molar-refractivity contribution in [1.82, 2.24) is 14.8 Å². The number of ketones is 1. The zero-order chi connectivity index (χ0) is 20.1. The Bertz CT molecular complexity index is 967. The molecular weight excluding hydrogens is 402 g/mol. The van der Waals surface area contributed by atoms with Gasteiger partial charge in [-0.05, 0) is 31.4 Å². The van der Waals surface area contributed by atoms with Crippen molar-refractivity contribution < 1.29 is 4.79 Å². The number of halogens is 1. The van der Waals surface area contributed by atoms with Crippen LogP contribution in [0.5, 0.6) is 0 Å². The quantitative estimate of drug-likeness (QED) is 0.236. The molecule has 6 heteroatoms. The highest BCUT2D eigenvalue weighted by Gasteiger charge is 2.25. The first-order valence-electron chi connectivity index (χ1n) is 10.1. The Kier molecular flexibility index (Phi) is 6.67. The molecule has 2 aromatic carbocycles. The van der Waals surface area contributed by atoms with Crippen LogP contribution in [-0.4, -0.2) is 26.3 Å². The first kappa shape index (κ1) is 20.2. The lowest BCUT2D eigenvalue weighted by molar-refractivity contribution is 0.0982. The van der Waals surface area contributed by atoms with E-state index < -0.39 is 0 Å². The van der Waals surface area contributed by atoms with Crippen LogP contribution in [0.2, 0.25) is 5.02 Å². The number of carbonyl (C=O) groups excluding carboxylic acids is 1. The molecule has 0 saturated heterocycles. The van der Waals surface area contributed by atoms with Crippen molar-refractivity contribution in [2.24, 2.45) is 0 Å². The molecule has 1 aliphatic carbocycles. The average Bonchev–Trinajstić information content (AvgIpc) is 3.41. The van der Waals surface area contributed by atoms with Gasteiger partial charge in [-0.2, -0.15) is 0 Å². The van der Waals surface area contributed by atoms with Crippen LogP contribution in [0.1, 0.15) is 54.9 Å². The minimum atomic E-state index is 0.195. The molecule has 0 unspecified atom stereocenters. The molecule has 1 aliphatic rings. The van der Waals surface area contributed by atoms with E-state index in [9.17, 15) is 4.79 Å². The van der Waals surface area contributed by atoms with Gasteiger partial charge in [0, 0.05) is 29.3 Å². The first-order chi connectivity index (χ1) is 14.2. The van der Waals surface area contributed by atoms with Crippen LogP contribution < -0.4 is 0 Å². The van der Waals surface area contributed by atoms with Crippen molar-refractivity contribution in [3.8, 4) is 11.4 Å². The Labute approximate surface area is 180 Å². The summed E-state index contributed by atoms with van der Waals surface area (Å²) < 4.78 is 2.28. The molecule has 0 atom stereocenters. The summed E-state index contributed by atoms with van der Waals surface area (Å²) in [6, 6.07) is 17.7. The van der Waals surface area contributed by atoms with Gasteiger partial charge in [0.2, 0.25) is 0 Å². The largest absolute Gasteiger partial charge is 0.299 e. The number of nitrogens with zero attached hydrogens (tertiary/aromatic N) is 3. The summed E-state index contributed by atoms with van der Waals surface area (Å²) in [5.74, 6) is 1.89. The number of hydrogen-bond donors (Lipinski definition) is 0. The van der Waals surface area contributed by atoms with Crippen LogP contribution in [0.25, 0.3) is 11.4 Å². The van der Waals surface area contributed by atoms with E-state index in [2.05, 4.69) is 14.8 Å². The highest BCUT2D eigenvalue weighted by molar-refractivity contribution is 7.99. The summed E-state index contributed by atoms with van der Waals surface area (Å²) in [6.07, 6.45) is 6.13. The third-order valence-electron chi connectivity index (χ3n) is 5.34. The van der Waals surface area contributed by atoms with Crippen molar-refractivity contribution in [3.05, 3.63) is 65.2 Å². The SMILES string of the molecule is O=C(CCCSc1nnc(-c2ccccc2Cl)n1C1CCCC1)c1ccccc1. The van der Waals surface area contributed by atoms with Gasteiger partial charge in [-0.3, -0.25) is 9.36 Å². The summed E-state index contributed by atoms with van der Waals surface area (Å²) in [6.45, 7) is 0. The zero-order valence-corrected chi connectivity index (χ0v) is 17.8. The van der Waals surface area contributed by atoms with Crippen LogP contribution in [0.15, 0.2) is 59.8 Å². The third-order valence-corrected chi connectivity index (χ3v) is 6.70. The van der Waals surface area contributed by atoms with Crippen molar-refractivity contribution in [3.63, 3.8) is 0 Å². The molecule has 0 amide bonds. The summed E-state index contributed by atoms with van der Waals surface area (Å²) in [5.41, 5.74) is 1.72. The van der Waals surface area contributed by atoms with E-state index in [1.165, 1.54) is 12.8 Å². The minimum Gasteiger partial charge on any atom is -0.299 e. The maximum Gasteiger partial charge on any atom is 0.191 e. The number of carbonyl (C=O) groups is 1. The van der Waals surface area contributed by atoms with Crippen molar-refractivity contribution in [2.75, 3.05) is 5.75 Å². The van der Waals surface area contributed by atoms with E-state index in [-0.39, 0.29) is 5.78 Å². The number of Topliss-reactive ketones (excluding diaryl/α,β-unsaturated/α-hetero) is 1. The van der Waals surface area contributed by atoms with E-state index in [0.29, 0.717) is 17.5 Å². The Morgan fingerprint density at radius 2 is 1.76 bits per heavy atom. The number of rotatable bonds is 8. The topological polar surface area (TPSA) is 47.8 Å². The maximum atomic E-state index is 12.3. The highest BCUT2D eigenvalue weighted by atomic mass is 35.5. The van der Waals surface area contributed by atoms with Gasteiger partial charge in [-0.1, -0.05) is 78.7 Å². The third kappa shape index (κ3) is 4.73. The van der Waals surface area contributed by atoms with Gasteiger partial charge in [0.05, 0.1) is 5.02 Å². The van der Waals surface area contributed by atoms with Gasteiger partial charge < -0.3 is 0 Å². The second kappa shape index (κ2) is 9.59. The average molecular weight is 426 g/mol. The lowest BCUT2D eigenvalue weighted by atomic mass is 10.1. The second-order valence-corrected chi connectivity index (χ2v) is 8.80. The molecule has 150 valence electrons. The van der Waals surface area contributed by atoms with Gasteiger partial charge in [0.15, 0.2) is 16.8 Å². The van der Waals surface area contributed by atoms with Gasteiger partial charge in [0.1, 0.15) is 0 Å². The smallest absolute Gasteiger partial charge is 0.191 e. The fourth-order valence-corrected chi connectivity index (χ4v) is 5.02. The van der Waals surface area contributed by atoms with E-state index in [4.69, 9.17) is 11.6 Å². The van der Waals surface area contributed by atoms with Gasteiger partial charge in [-0.25, -0.2) is 0 Å². The molecular formula is C23H24ClN3OS. The van der Waals surface area contributed by atoms with E-state index in [1.807, 2.05) is 54.6 Å². The zero-order valence-electron chi connectivity index (χ0n) is 16.3. The molecule has 4 nitrogen and oxygen atoms in total. The molecule has 0 radical (unpaired) electrons. The summed E-state index contributed by atoms with van der Waals surface area (Å²) >= 11 is 8.13. The first-order valence-corrected chi connectivity index (χ1v) is 11.5. The maximum absolute atomic E-state index is 12.3. The molecule has 1 saturated carbocycles. The van der Waals surface area contributed by atoms with Gasteiger partial charge >= 0.3 is 0 Å². The molecule has 1 fully saturated rings. The highest BCUT2D eigenvalue weighted by Crippen LogP contribution is 2.38. The van der Waals surface area contributed by atoms with Crippen LogP contribution in [0.4, 0.5) is 0 Å². The van der Waals surface area contributed by atoms with E-state index in [1.54, 1.807) is 11.8 Å². The minimum absolute atomic E-state index is 0.195. The molecule has 29 heavy (non-hydrogen) atoms. The summed E-state index contributed by atoms with van der Waals surface area (Å²) in [5, 5.41) is 10.6. The van der Waals surface area contributed by atoms with E-state index >= 15 is 0 Å². The van der Waals surface area contributed by atoms with Crippen molar-refractivity contribution >= 4 is 29.1 Å². The monoisotopic (exact) mass is 425 g/mol. The van der Waals surface area contributed by atoms with Gasteiger partial charge in [-0.15, -0.1) is 10.2 Å². The van der Waals surface area contributed by atoms with Crippen molar-refractivity contribution in [1.29, 1.82) is 0 Å². The molecule has 1 aromatic heterocycles. The number of thioether (sulfide) groups is 1. The molecule has 4 rings (SSSR count).